The van der Waals surface area contributed by atoms with Crippen molar-refractivity contribution in [2.45, 2.75) is 5.41 Å². The zero-order valence-electron chi connectivity index (χ0n) is 33.6. The molecule has 0 N–H and O–H groups in total. The van der Waals surface area contributed by atoms with Gasteiger partial charge in [-0.15, -0.1) is 11.3 Å². The van der Waals surface area contributed by atoms with Crippen molar-refractivity contribution in [3.05, 3.63) is 247 Å². The Kier molecular flexibility index (Phi) is 8.58. The van der Waals surface area contributed by atoms with Gasteiger partial charge >= 0.3 is 0 Å². The molecule has 11 aromatic rings. The van der Waals surface area contributed by atoms with Crippen LogP contribution in [-0.4, -0.2) is 15.0 Å². The Hall–Kier alpha value is -7.79. The smallest absolute Gasteiger partial charge is 0.164 e. The summed E-state index contributed by atoms with van der Waals surface area (Å²) in [6.07, 6.45) is 0. The molecule has 0 bridgehead atoms. The van der Waals surface area contributed by atoms with Gasteiger partial charge in [0.25, 0.3) is 0 Å². The van der Waals surface area contributed by atoms with Gasteiger partial charge in [0.05, 0.1) is 5.41 Å². The van der Waals surface area contributed by atoms with Crippen LogP contribution >= 0.6 is 11.3 Å². The van der Waals surface area contributed by atoms with Crippen LogP contribution in [0.5, 0.6) is 0 Å². The summed E-state index contributed by atoms with van der Waals surface area (Å²) in [4.78, 5) is 15.8. The Morgan fingerprint density at radius 3 is 1.52 bits per heavy atom. The lowest BCUT2D eigenvalue weighted by atomic mass is 9.67. The Labute approximate surface area is 364 Å². The molecule has 2 aromatic heterocycles. The van der Waals surface area contributed by atoms with E-state index in [1.165, 1.54) is 59.1 Å². The maximum Gasteiger partial charge on any atom is 0.164 e. The van der Waals surface area contributed by atoms with Gasteiger partial charge < -0.3 is 0 Å². The first-order chi connectivity index (χ1) is 30.7. The Morgan fingerprint density at radius 2 is 0.774 bits per heavy atom. The lowest BCUT2D eigenvalue weighted by Gasteiger charge is -2.34. The van der Waals surface area contributed by atoms with E-state index < -0.39 is 5.41 Å². The molecule has 1 aliphatic carbocycles. The Bertz CT molecular complexity index is 3410. The molecule has 0 unspecified atom stereocenters. The number of hydrogen-bond acceptors (Lipinski definition) is 4. The second-order valence-corrected chi connectivity index (χ2v) is 17.0. The van der Waals surface area contributed by atoms with E-state index >= 15 is 0 Å². The second-order valence-electron chi connectivity index (χ2n) is 15.9. The van der Waals surface area contributed by atoms with Crippen LogP contribution < -0.4 is 0 Å². The second kappa shape index (κ2) is 14.7. The minimum atomic E-state index is -0.540. The molecule has 0 saturated heterocycles. The van der Waals surface area contributed by atoms with E-state index in [-0.39, 0.29) is 0 Å². The highest BCUT2D eigenvalue weighted by atomic mass is 32.1. The summed E-state index contributed by atoms with van der Waals surface area (Å²) in [6.45, 7) is 0. The Balaban J connectivity index is 1.02. The van der Waals surface area contributed by atoms with Crippen molar-refractivity contribution in [3.63, 3.8) is 0 Å². The molecule has 0 saturated carbocycles. The molecule has 0 amide bonds. The summed E-state index contributed by atoms with van der Waals surface area (Å²) >= 11 is 1.84. The average Bonchev–Trinajstić information content (AvgIpc) is 3.88. The number of thiophene rings is 1. The van der Waals surface area contributed by atoms with Crippen LogP contribution in [0.15, 0.2) is 224 Å². The van der Waals surface area contributed by atoms with Crippen LogP contribution in [0, 0.1) is 0 Å². The fraction of sp³-hybridized carbons (Fsp3) is 0.0172. The van der Waals surface area contributed by atoms with Crippen molar-refractivity contribution < 1.29 is 0 Å². The first-order valence-corrected chi connectivity index (χ1v) is 21.8. The predicted molar refractivity (Wildman–Crippen MR) is 257 cm³/mol. The molecule has 1 aliphatic rings. The predicted octanol–water partition coefficient (Wildman–Crippen LogP) is 14.9. The van der Waals surface area contributed by atoms with E-state index in [4.69, 9.17) is 15.0 Å². The third-order valence-corrected chi connectivity index (χ3v) is 13.6. The van der Waals surface area contributed by atoms with Crippen LogP contribution in [0.2, 0.25) is 0 Å². The summed E-state index contributed by atoms with van der Waals surface area (Å²) in [5.41, 5.74) is 14.2. The summed E-state index contributed by atoms with van der Waals surface area (Å²) < 4.78 is 2.60. The first-order valence-electron chi connectivity index (χ1n) is 21.0. The molecular formula is C58H37N3S. The van der Waals surface area contributed by atoms with Gasteiger partial charge in [-0.25, -0.2) is 15.0 Å². The lowest BCUT2D eigenvalue weighted by Crippen LogP contribution is -2.28. The molecular weight excluding hydrogens is 771 g/mol. The van der Waals surface area contributed by atoms with Gasteiger partial charge in [-0.2, -0.15) is 0 Å². The van der Waals surface area contributed by atoms with Crippen LogP contribution in [0.3, 0.4) is 0 Å². The van der Waals surface area contributed by atoms with Crippen molar-refractivity contribution in [1.82, 2.24) is 15.0 Å². The molecule has 0 radical (unpaired) electrons. The quantitative estimate of drug-likeness (QED) is 0.161. The molecule has 62 heavy (non-hydrogen) atoms. The fourth-order valence-corrected chi connectivity index (χ4v) is 10.7. The molecule has 0 aliphatic heterocycles. The fourth-order valence-electron chi connectivity index (χ4n) is 9.53. The number of rotatable bonds is 7. The summed E-state index contributed by atoms with van der Waals surface area (Å²) in [7, 11) is 0. The van der Waals surface area contributed by atoms with E-state index in [1.54, 1.807) is 0 Å². The molecule has 3 nitrogen and oxygen atoms in total. The lowest BCUT2D eigenvalue weighted by molar-refractivity contribution is 0.768. The van der Waals surface area contributed by atoms with Crippen molar-refractivity contribution in [2.75, 3.05) is 0 Å². The van der Waals surface area contributed by atoms with E-state index in [2.05, 4.69) is 218 Å². The molecule has 0 fully saturated rings. The first kappa shape index (κ1) is 36.1. The SMILES string of the molecule is c1ccc(-c2cccc(-c3nc(-c4ccc(-c5ccc6c(c5)sc5ccccc56)cc4)nc(-c4ccc5c(c4)C(c4ccccc4)(c4ccccc4)c4ccccc4-5)n3)c2)cc1. The van der Waals surface area contributed by atoms with Gasteiger partial charge in [0.15, 0.2) is 17.5 Å². The molecule has 0 spiro atoms. The van der Waals surface area contributed by atoms with Crippen molar-refractivity contribution in [1.29, 1.82) is 0 Å². The zero-order valence-corrected chi connectivity index (χ0v) is 34.4. The molecule has 9 aromatic carbocycles. The van der Waals surface area contributed by atoms with Gasteiger partial charge in [-0.05, 0) is 79.9 Å². The van der Waals surface area contributed by atoms with Crippen molar-refractivity contribution in [3.8, 4) is 67.5 Å². The largest absolute Gasteiger partial charge is 0.208 e. The monoisotopic (exact) mass is 807 g/mol. The van der Waals surface area contributed by atoms with Gasteiger partial charge in [-0.3, -0.25) is 0 Å². The number of aromatic nitrogens is 3. The normalized spacial score (nSPS) is 12.6. The minimum Gasteiger partial charge on any atom is -0.208 e. The average molecular weight is 808 g/mol. The summed E-state index contributed by atoms with van der Waals surface area (Å²) in [5, 5.41) is 2.61. The third kappa shape index (κ3) is 5.91. The topological polar surface area (TPSA) is 38.7 Å². The van der Waals surface area contributed by atoms with Crippen LogP contribution in [0.25, 0.3) is 87.7 Å². The molecule has 12 rings (SSSR count). The number of fused-ring (bicyclic) bond motifs is 6. The van der Waals surface area contributed by atoms with Gasteiger partial charge in [-0.1, -0.05) is 200 Å². The maximum atomic E-state index is 5.29. The number of hydrogen-bond donors (Lipinski definition) is 0. The number of nitrogens with zero attached hydrogens (tertiary/aromatic N) is 3. The molecule has 2 heterocycles. The molecule has 4 heteroatoms. The van der Waals surface area contributed by atoms with Gasteiger partial charge in [0.2, 0.25) is 0 Å². The minimum absolute atomic E-state index is 0.540. The Morgan fingerprint density at radius 1 is 0.290 bits per heavy atom. The summed E-state index contributed by atoms with van der Waals surface area (Å²) in [6, 6.07) is 80.5. The molecule has 290 valence electrons. The summed E-state index contributed by atoms with van der Waals surface area (Å²) in [5.74, 6) is 1.88. The zero-order chi connectivity index (χ0) is 41.0. The maximum absolute atomic E-state index is 5.29. The highest BCUT2D eigenvalue weighted by molar-refractivity contribution is 7.25. The number of benzene rings is 9. The van der Waals surface area contributed by atoms with Crippen molar-refractivity contribution in [2.24, 2.45) is 0 Å². The van der Waals surface area contributed by atoms with E-state index in [0.29, 0.717) is 17.5 Å². The third-order valence-electron chi connectivity index (χ3n) is 12.4. The van der Waals surface area contributed by atoms with Crippen LogP contribution in [0.1, 0.15) is 22.3 Å². The van der Waals surface area contributed by atoms with Crippen LogP contribution in [0.4, 0.5) is 0 Å². The van der Waals surface area contributed by atoms with E-state index in [0.717, 1.165) is 33.4 Å². The molecule has 0 atom stereocenters. The van der Waals surface area contributed by atoms with E-state index in [9.17, 15) is 0 Å². The highest BCUT2D eigenvalue weighted by Gasteiger charge is 2.46. The highest BCUT2D eigenvalue weighted by Crippen LogP contribution is 2.56. The van der Waals surface area contributed by atoms with Gasteiger partial charge in [0.1, 0.15) is 0 Å². The standard InChI is InChI=1S/C58H37N3S/c1-4-15-38(16-5-1)41-17-14-18-43(35-41)56-59-55(40-29-27-39(28-30-40)42-31-34-50-49-24-11-13-26-53(49)62-54(50)37-42)60-57(61-56)44-32-33-48-47-23-10-12-25-51(47)58(52(48)36-44,45-19-6-2-7-20-45)46-21-8-3-9-22-46/h1-37H. The van der Waals surface area contributed by atoms with Crippen LogP contribution in [-0.2, 0) is 5.41 Å². The van der Waals surface area contributed by atoms with Crippen molar-refractivity contribution >= 4 is 31.5 Å². The van der Waals surface area contributed by atoms with E-state index in [1.807, 2.05) is 17.4 Å². The van der Waals surface area contributed by atoms with Gasteiger partial charge in [0, 0.05) is 36.9 Å².